The highest BCUT2D eigenvalue weighted by Gasteiger charge is 2.35. The summed E-state index contributed by atoms with van der Waals surface area (Å²) < 4.78 is 14.5. The van der Waals surface area contributed by atoms with Gasteiger partial charge in [0.15, 0.2) is 0 Å². The third-order valence-corrected chi connectivity index (χ3v) is 2.95. The van der Waals surface area contributed by atoms with E-state index in [-0.39, 0.29) is 32.7 Å². The van der Waals surface area contributed by atoms with Crippen LogP contribution in [0.15, 0.2) is 38.0 Å². The van der Waals surface area contributed by atoms with Gasteiger partial charge in [-0.3, -0.25) is 9.59 Å². The zero-order valence-corrected chi connectivity index (χ0v) is 15.7. The molecule has 0 radical (unpaired) electrons. The van der Waals surface area contributed by atoms with Crippen molar-refractivity contribution in [1.29, 1.82) is 0 Å². The molecule has 0 bridgehead atoms. The SMILES string of the molecule is C=CC(=O)OCC(CO)(COC(=O)C=C)COC(=O)C=C.O=C(O)CCC(=O)O. The molecule has 0 atom stereocenters. The van der Waals surface area contributed by atoms with Gasteiger partial charge < -0.3 is 29.5 Å². The lowest BCUT2D eigenvalue weighted by Gasteiger charge is -2.29. The standard InChI is InChI=1S/C14H18O7.C4H6O4/c1-4-11(16)19-8-14(7-15,9-20-12(17)5-2)10-21-13(18)6-3;5-3(6)1-2-4(7)8/h4-6,15H,1-3,7-10H2;1-2H2,(H,5,6)(H,7,8). The van der Waals surface area contributed by atoms with Gasteiger partial charge in [0, 0.05) is 18.2 Å². The van der Waals surface area contributed by atoms with Gasteiger partial charge in [0.25, 0.3) is 0 Å². The van der Waals surface area contributed by atoms with Gasteiger partial charge in [0.2, 0.25) is 0 Å². The van der Waals surface area contributed by atoms with Crippen molar-refractivity contribution in [1.82, 2.24) is 0 Å². The second-order valence-electron chi connectivity index (χ2n) is 5.38. The molecule has 0 fully saturated rings. The first-order chi connectivity index (χ1) is 13.6. The molecule has 0 aliphatic heterocycles. The van der Waals surface area contributed by atoms with E-state index >= 15 is 0 Å². The monoisotopic (exact) mass is 416 g/mol. The molecule has 0 aromatic heterocycles. The van der Waals surface area contributed by atoms with E-state index in [0.29, 0.717) is 0 Å². The van der Waals surface area contributed by atoms with Crippen LogP contribution in [0.5, 0.6) is 0 Å². The number of hydrogen-bond donors (Lipinski definition) is 3. The molecule has 0 rings (SSSR count). The molecule has 0 unspecified atom stereocenters. The van der Waals surface area contributed by atoms with Gasteiger partial charge in [0.05, 0.1) is 24.9 Å². The molecule has 11 nitrogen and oxygen atoms in total. The third kappa shape index (κ3) is 15.3. The average Bonchev–Trinajstić information content (AvgIpc) is 2.71. The summed E-state index contributed by atoms with van der Waals surface area (Å²) in [4.78, 5) is 52.6. The summed E-state index contributed by atoms with van der Waals surface area (Å²) >= 11 is 0. The fourth-order valence-corrected chi connectivity index (χ4v) is 1.33. The number of esters is 3. The maximum absolute atomic E-state index is 11.1. The molecule has 0 aliphatic rings. The lowest BCUT2D eigenvalue weighted by atomic mass is 9.92. The van der Waals surface area contributed by atoms with Crippen molar-refractivity contribution in [3.05, 3.63) is 38.0 Å². The van der Waals surface area contributed by atoms with Crippen LogP contribution in [0.25, 0.3) is 0 Å². The Bertz CT molecular complexity index is 547. The van der Waals surface area contributed by atoms with Crippen molar-refractivity contribution in [3.63, 3.8) is 0 Å². The molecule has 0 aromatic rings. The van der Waals surface area contributed by atoms with Gasteiger partial charge in [-0.25, -0.2) is 14.4 Å². The van der Waals surface area contributed by atoms with Crippen LogP contribution in [-0.4, -0.2) is 71.6 Å². The minimum absolute atomic E-state index is 0.296. The lowest BCUT2D eigenvalue weighted by molar-refractivity contribution is -0.159. The molecule has 0 heterocycles. The first kappa shape index (κ1) is 27.7. The zero-order valence-electron chi connectivity index (χ0n) is 15.7. The maximum atomic E-state index is 11.1. The van der Waals surface area contributed by atoms with E-state index < -0.39 is 41.9 Å². The highest BCUT2D eigenvalue weighted by molar-refractivity contribution is 5.82. The molecule has 0 saturated heterocycles. The molecule has 29 heavy (non-hydrogen) atoms. The van der Waals surface area contributed by atoms with Crippen LogP contribution in [0.2, 0.25) is 0 Å². The molecule has 0 saturated carbocycles. The Hall–Kier alpha value is -3.47. The molecule has 3 N–H and O–H groups in total. The second kappa shape index (κ2) is 15.6. The van der Waals surface area contributed by atoms with E-state index in [1.54, 1.807) is 0 Å². The fourth-order valence-electron chi connectivity index (χ4n) is 1.33. The number of rotatable bonds is 13. The van der Waals surface area contributed by atoms with Crippen LogP contribution >= 0.6 is 0 Å². The summed E-state index contributed by atoms with van der Waals surface area (Å²) in [5.74, 6) is -4.33. The van der Waals surface area contributed by atoms with E-state index in [2.05, 4.69) is 19.7 Å². The van der Waals surface area contributed by atoms with Crippen LogP contribution in [0.3, 0.4) is 0 Å². The van der Waals surface area contributed by atoms with Crippen molar-refractivity contribution in [3.8, 4) is 0 Å². The number of carbonyl (C=O) groups is 5. The van der Waals surface area contributed by atoms with Crippen LogP contribution in [0.1, 0.15) is 12.8 Å². The van der Waals surface area contributed by atoms with Crippen molar-refractivity contribution in [2.45, 2.75) is 12.8 Å². The maximum Gasteiger partial charge on any atom is 0.330 e. The van der Waals surface area contributed by atoms with Crippen LogP contribution in [0, 0.1) is 5.41 Å². The molecule has 0 amide bonds. The van der Waals surface area contributed by atoms with Gasteiger partial charge in [0.1, 0.15) is 19.8 Å². The smallest absolute Gasteiger partial charge is 0.330 e. The normalized spacial score (nSPS) is 9.69. The van der Waals surface area contributed by atoms with Gasteiger partial charge in [-0.05, 0) is 0 Å². The number of ether oxygens (including phenoxy) is 3. The lowest BCUT2D eigenvalue weighted by Crippen LogP contribution is -2.42. The van der Waals surface area contributed by atoms with E-state index in [9.17, 15) is 29.1 Å². The highest BCUT2D eigenvalue weighted by atomic mass is 16.6. The summed E-state index contributed by atoms with van der Waals surface area (Å²) in [5.41, 5.74) is -1.28. The highest BCUT2D eigenvalue weighted by Crippen LogP contribution is 2.19. The zero-order chi connectivity index (χ0) is 22.9. The minimum atomic E-state index is -1.28. The number of aliphatic hydroxyl groups excluding tert-OH is 1. The minimum Gasteiger partial charge on any atom is -0.481 e. The number of aliphatic carboxylic acids is 2. The number of carbonyl (C=O) groups excluding carboxylic acids is 3. The number of hydrogen-bond acceptors (Lipinski definition) is 9. The van der Waals surface area contributed by atoms with Crippen LogP contribution in [0.4, 0.5) is 0 Å². The van der Waals surface area contributed by atoms with Gasteiger partial charge in [-0.2, -0.15) is 0 Å². The third-order valence-electron chi connectivity index (χ3n) is 2.95. The molecular formula is C18H24O11. The topological polar surface area (TPSA) is 174 Å². The van der Waals surface area contributed by atoms with Crippen LogP contribution in [-0.2, 0) is 38.2 Å². The molecule has 0 spiro atoms. The van der Waals surface area contributed by atoms with Crippen molar-refractivity contribution in [2.75, 3.05) is 26.4 Å². The Morgan fingerprint density at radius 1 is 0.690 bits per heavy atom. The Morgan fingerprint density at radius 2 is 0.966 bits per heavy atom. The summed E-state index contributed by atoms with van der Waals surface area (Å²) in [7, 11) is 0. The van der Waals surface area contributed by atoms with Crippen molar-refractivity contribution < 1.29 is 53.5 Å². The fraction of sp³-hybridized carbons (Fsp3) is 0.389. The molecule has 0 aliphatic carbocycles. The predicted octanol–water partition coefficient (Wildman–Crippen LogP) is 0.0885. The first-order valence-corrected chi connectivity index (χ1v) is 7.97. The van der Waals surface area contributed by atoms with E-state index in [1.165, 1.54) is 0 Å². The summed E-state index contributed by atoms with van der Waals surface area (Å²) in [6.45, 7) is 8.14. The molecule has 162 valence electrons. The number of carboxylic acid groups (broad SMARTS) is 2. The quantitative estimate of drug-likeness (QED) is 0.211. The summed E-state index contributed by atoms with van der Waals surface area (Å²) in [6, 6.07) is 0. The Morgan fingerprint density at radius 3 is 1.14 bits per heavy atom. The average molecular weight is 416 g/mol. The predicted molar refractivity (Wildman–Crippen MR) is 97.5 cm³/mol. The Balaban J connectivity index is 0. The number of aliphatic hydroxyl groups is 1. The largest absolute Gasteiger partial charge is 0.481 e. The summed E-state index contributed by atoms with van der Waals surface area (Å²) in [5, 5.41) is 25.3. The van der Waals surface area contributed by atoms with Crippen LogP contribution < -0.4 is 0 Å². The molecule has 0 aromatic carbocycles. The van der Waals surface area contributed by atoms with Gasteiger partial charge >= 0.3 is 29.8 Å². The van der Waals surface area contributed by atoms with E-state index in [4.69, 9.17) is 24.4 Å². The van der Waals surface area contributed by atoms with Gasteiger partial charge in [-0.15, -0.1) is 0 Å². The first-order valence-electron chi connectivity index (χ1n) is 7.97. The van der Waals surface area contributed by atoms with Crippen molar-refractivity contribution in [2.24, 2.45) is 5.41 Å². The van der Waals surface area contributed by atoms with Gasteiger partial charge in [-0.1, -0.05) is 19.7 Å². The Kier molecular flexibility index (Phi) is 14.9. The van der Waals surface area contributed by atoms with E-state index in [1.807, 2.05) is 0 Å². The molecule has 11 heteroatoms. The summed E-state index contributed by atoms with van der Waals surface area (Å²) in [6.07, 6.45) is 2.22. The second-order valence-corrected chi connectivity index (χ2v) is 5.38. The van der Waals surface area contributed by atoms with Crippen molar-refractivity contribution >= 4 is 29.8 Å². The number of carboxylic acids is 2. The van der Waals surface area contributed by atoms with E-state index in [0.717, 1.165) is 18.2 Å². The molecular weight excluding hydrogens is 392 g/mol. The Labute approximate surface area is 166 Å².